The topological polar surface area (TPSA) is 85.9 Å². The molecule has 1 aliphatic rings. The molecule has 0 amide bonds. The van der Waals surface area contributed by atoms with E-state index in [9.17, 15) is 20.1 Å². The molecule has 1 saturated heterocycles. The molecule has 21 heavy (non-hydrogen) atoms. The molecule has 0 aliphatic carbocycles. The van der Waals surface area contributed by atoms with Crippen molar-refractivity contribution >= 4 is 0 Å². The fourth-order valence-electron chi connectivity index (χ4n) is 2.95. The van der Waals surface area contributed by atoms with Gasteiger partial charge in [-0.3, -0.25) is 9.69 Å². The average Bonchev–Trinajstić information content (AvgIpc) is 2.96. The van der Waals surface area contributed by atoms with E-state index >= 15 is 0 Å². The molecule has 3 N–H and O–H groups in total. The van der Waals surface area contributed by atoms with Crippen LogP contribution in [0.25, 0.3) is 0 Å². The van der Waals surface area contributed by atoms with Crippen LogP contribution in [0.15, 0.2) is 10.9 Å². The van der Waals surface area contributed by atoms with Gasteiger partial charge in [-0.1, -0.05) is 0 Å². The van der Waals surface area contributed by atoms with Crippen molar-refractivity contribution in [3.8, 4) is 5.75 Å². The molecular weight excluding hydrogens is 272 g/mol. The Morgan fingerprint density at radius 3 is 2.38 bits per heavy atom. The molecule has 6 heteroatoms. The van der Waals surface area contributed by atoms with Gasteiger partial charge in [0.2, 0.25) is 5.43 Å². The minimum absolute atomic E-state index is 0.157. The van der Waals surface area contributed by atoms with E-state index in [4.69, 9.17) is 0 Å². The van der Waals surface area contributed by atoms with Crippen molar-refractivity contribution in [1.82, 2.24) is 9.47 Å². The lowest BCUT2D eigenvalue weighted by molar-refractivity contribution is 0.144. The fraction of sp³-hybridized carbons (Fsp3) is 0.667. The molecule has 0 unspecified atom stereocenters. The first-order valence-corrected chi connectivity index (χ1v) is 7.32. The highest BCUT2D eigenvalue weighted by Crippen LogP contribution is 2.26. The summed E-state index contributed by atoms with van der Waals surface area (Å²) >= 11 is 0. The van der Waals surface area contributed by atoms with Crippen molar-refractivity contribution in [2.75, 3.05) is 19.7 Å². The Balaban J connectivity index is 2.57. The van der Waals surface area contributed by atoms with Crippen LogP contribution >= 0.6 is 0 Å². The van der Waals surface area contributed by atoms with Crippen molar-refractivity contribution in [2.24, 2.45) is 0 Å². The first-order valence-electron chi connectivity index (χ1n) is 7.32. The summed E-state index contributed by atoms with van der Waals surface area (Å²) in [6.45, 7) is 5.44. The summed E-state index contributed by atoms with van der Waals surface area (Å²) in [5, 5.41) is 29.4. The highest BCUT2D eigenvalue weighted by Gasteiger charge is 2.28. The number of rotatable bonds is 5. The second kappa shape index (κ2) is 6.17. The zero-order chi connectivity index (χ0) is 15.6. The van der Waals surface area contributed by atoms with E-state index in [0.717, 1.165) is 25.9 Å². The summed E-state index contributed by atoms with van der Waals surface area (Å²) in [5.41, 5.74) is -0.324. The summed E-state index contributed by atoms with van der Waals surface area (Å²) in [4.78, 5) is 14.1. The molecule has 0 aromatic carbocycles. The van der Waals surface area contributed by atoms with Gasteiger partial charge in [-0.15, -0.1) is 0 Å². The van der Waals surface area contributed by atoms with Crippen LogP contribution in [0.3, 0.4) is 0 Å². The Morgan fingerprint density at radius 1 is 1.24 bits per heavy atom. The predicted molar refractivity (Wildman–Crippen MR) is 79.2 cm³/mol. The van der Waals surface area contributed by atoms with Crippen molar-refractivity contribution in [1.29, 1.82) is 0 Å². The SMILES string of the molecule is CC(C)(CO)n1c(CO)cc(=O)c(O)c1CN1CCCC1. The van der Waals surface area contributed by atoms with E-state index in [1.165, 1.54) is 6.07 Å². The van der Waals surface area contributed by atoms with Crippen LogP contribution in [-0.2, 0) is 18.7 Å². The molecular formula is C15H24N2O4. The van der Waals surface area contributed by atoms with E-state index in [2.05, 4.69) is 4.90 Å². The van der Waals surface area contributed by atoms with Crippen molar-refractivity contribution < 1.29 is 15.3 Å². The van der Waals surface area contributed by atoms with E-state index in [1.54, 1.807) is 4.57 Å². The number of aromatic nitrogens is 1. The van der Waals surface area contributed by atoms with Crippen molar-refractivity contribution in [3.05, 3.63) is 27.7 Å². The van der Waals surface area contributed by atoms with Gasteiger partial charge in [-0.2, -0.15) is 0 Å². The Hall–Kier alpha value is -1.37. The maximum Gasteiger partial charge on any atom is 0.223 e. The van der Waals surface area contributed by atoms with Gasteiger partial charge in [-0.05, 0) is 39.8 Å². The summed E-state index contributed by atoms with van der Waals surface area (Å²) in [6.07, 6.45) is 2.21. The second-order valence-electron chi connectivity index (χ2n) is 6.24. The monoisotopic (exact) mass is 296 g/mol. The van der Waals surface area contributed by atoms with Crippen LogP contribution in [0.4, 0.5) is 0 Å². The average molecular weight is 296 g/mol. The Kier molecular flexibility index (Phi) is 4.70. The van der Waals surface area contributed by atoms with Gasteiger partial charge in [-0.25, -0.2) is 0 Å². The van der Waals surface area contributed by atoms with Crippen LogP contribution in [0.5, 0.6) is 5.75 Å². The first kappa shape index (κ1) is 16.0. The van der Waals surface area contributed by atoms with Crippen LogP contribution < -0.4 is 5.43 Å². The molecule has 2 heterocycles. The van der Waals surface area contributed by atoms with E-state index in [0.29, 0.717) is 17.9 Å². The smallest absolute Gasteiger partial charge is 0.223 e. The van der Waals surface area contributed by atoms with Gasteiger partial charge in [0.25, 0.3) is 0 Å². The van der Waals surface area contributed by atoms with Gasteiger partial charge >= 0.3 is 0 Å². The molecule has 0 radical (unpaired) electrons. The van der Waals surface area contributed by atoms with Crippen molar-refractivity contribution in [2.45, 2.75) is 45.4 Å². The number of likely N-dealkylation sites (tertiary alicyclic amines) is 1. The fourth-order valence-corrected chi connectivity index (χ4v) is 2.95. The predicted octanol–water partition coefficient (Wildman–Crippen LogP) is 0.369. The summed E-state index contributed by atoms with van der Waals surface area (Å²) < 4.78 is 1.70. The standard InChI is InChI=1S/C15H24N2O4/c1-15(2,10-19)17-11(9-18)7-13(20)14(21)12(17)8-16-5-3-4-6-16/h7,18-19,21H,3-6,8-10H2,1-2H3. The highest BCUT2D eigenvalue weighted by molar-refractivity contribution is 5.31. The third-order valence-electron chi connectivity index (χ3n) is 4.09. The zero-order valence-corrected chi connectivity index (χ0v) is 12.7. The minimum atomic E-state index is -0.710. The largest absolute Gasteiger partial charge is 0.503 e. The lowest BCUT2D eigenvalue weighted by Gasteiger charge is -2.33. The van der Waals surface area contributed by atoms with Gasteiger partial charge < -0.3 is 19.9 Å². The number of hydrogen-bond acceptors (Lipinski definition) is 5. The number of hydrogen-bond donors (Lipinski definition) is 3. The van der Waals surface area contributed by atoms with Crippen LogP contribution in [0.2, 0.25) is 0 Å². The van der Waals surface area contributed by atoms with Crippen molar-refractivity contribution in [3.63, 3.8) is 0 Å². The third kappa shape index (κ3) is 3.12. The quantitative estimate of drug-likeness (QED) is 0.731. The second-order valence-corrected chi connectivity index (χ2v) is 6.24. The lowest BCUT2D eigenvalue weighted by Crippen LogP contribution is -2.38. The van der Waals surface area contributed by atoms with E-state index in [1.807, 2.05) is 13.8 Å². The van der Waals surface area contributed by atoms with Gasteiger partial charge in [0, 0.05) is 18.3 Å². The highest BCUT2D eigenvalue weighted by atomic mass is 16.3. The summed E-state index contributed by atoms with van der Waals surface area (Å²) in [7, 11) is 0. The lowest BCUT2D eigenvalue weighted by atomic mass is 10.0. The summed E-state index contributed by atoms with van der Waals surface area (Å²) in [6, 6.07) is 1.24. The number of aromatic hydroxyl groups is 1. The number of aliphatic hydroxyl groups is 2. The molecule has 1 aliphatic heterocycles. The molecule has 2 rings (SSSR count). The van der Waals surface area contributed by atoms with Crippen LogP contribution in [0, 0.1) is 0 Å². The Morgan fingerprint density at radius 2 is 1.86 bits per heavy atom. The normalized spacial score (nSPS) is 16.6. The zero-order valence-electron chi connectivity index (χ0n) is 12.7. The Labute approximate surface area is 124 Å². The van der Waals surface area contributed by atoms with Crippen LogP contribution in [-0.4, -0.2) is 44.5 Å². The third-order valence-corrected chi connectivity index (χ3v) is 4.09. The maximum atomic E-state index is 11.9. The summed E-state index contributed by atoms with van der Waals surface area (Å²) in [5.74, 6) is -0.291. The van der Waals surface area contributed by atoms with E-state index < -0.39 is 11.0 Å². The first-order chi connectivity index (χ1) is 9.90. The molecule has 0 spiro atoms. The minimum Gasteiger partial charge on any atom is -0.503 e. The number of pyridine rings is 1. The molecule has 1 aromatic heterocycles. The molecule has 0 atom stereocenters. The van der Waals surface area contributed by atoms with E-state index in [-0.39, 0.29) is 19.0 Å². The van der Waals surface area contributed by atoms with Gasteiger partial charge in [0.15, 0.2) is 5.75 Å². The van der Waals surface area contributed by atoms with Gasteiger partial charge in [0.05, 0.1) is 24.4 Å². The number of aliphatic hydroxyl groups excluding tert-OH is 2. The van der Waals surface area contributed by atoms with Gasteiger partial charge in [0.1, 0.15) is 0 Å². The molecule has 118 valence electrons. The van der Waals surface area contributed by atoms with Crippen LogP contribution in [0.1, 0.15) is 38.1 Å². The molecule has 0 bridgehead atoms. The molecule has 1 fully saturated rings. The number of nitrogens with zero attached hydrogens (tertiary/aromatic N) is 2. The Bertz CT molecular complexity index is 560. The molecule has 1 aromatic rings. The molecule has 6 nitrogen and oxygen atoms in total. The maximum absolute atomic E-state index is 11.9. The molecule has 0 saturated carbocycles.